The highest BCUT2D eigenvalue weighted by Gasteiger charge is 2.22. The fraction of sp³-hybridized carbons (Fsp3) is 0.238. The molecule has 2 aromatic heterocycles. The fourth-order valence-electron chi connectivity index (χ4n) is 3.42. The summed E-state index contributed by atoms with van der Waals surface area (Å²) in [5.41, 5.74) is 7.14. The molecule has 0 spiro atoms. The lowest BCUT2D eigenvalue weighted by atomic mass is 10.1. The molecule has 7 nitrogen and oxygen atoms in total. The molecule has 0 atom stereocenters. The Hall–Kier alpha value is -3.48. The number of carbonyl (C=O) groups excluding carboxylic acids is 1. The van der Waals surface area contributed by atoms with Gasteiger partial charge in [-0.3, -0.25) is 4.79 Å². The van der Waals surface area contributed by atoms with Gasteiger partial charge < -0.3 is 15.5 Å². The van der Waals surface area contributed by atoms with E-state index >= 15 is 0 Å². The van der Waals surface area contributed by atoms with Gasteiger partial charge in [-0.05, 0) is 23.8 Å². The van der Waals surface area contributed by atoms with E-state index in [0.717, 1.165) is 37.8 Å². The maximum absolute atomic E-state index is 11.7. The van der Waals surface area contributed by atoms with Crippen LogP contribution in [-0.2, 0) is 6.42 Å². The Kier molecular flexibility index (Phi) is 5.14. The van der Waals surface area contributed by atoms with E-state index in [1.807, 2.05) is 30.5 Å². The SMILES string of the molecule is NC(=O)c1cccnc1N1CCN(c2ccnc(Cc3ccccc3)n2)CC1. The van der Waals surface area contributed by atoms with Crippen molar-refractivity contribution in [3.63, 3.8) is 0 Å². The smallest absolute Gasteiger partial charge is 0.252 e. The number of carbonyl (C=O) groups is 1. The average Bonchev–Trinajstić information content (AvgIpc) is 2.75. The van der Waals surface area contributed by atoms with Gasteiger partial charge in [-0.2, -0.15) is 0 Å². The number of hydrogen-bond acceptors (Lipinski definition) is 6. The van der Waals surface area contributed by atoms with Crippen LogP contribution in [0.3, 0.4) is 0 Å². The van der Waals surface area contributed by atoms with E-state index < -0.39 is 5.91 Å². The lowest BCUT2D eigenvalue weighted by molar-refractivity contribution is 0.100. The number of anilines is 2. The maximum atomic E-state index is 11.7. The Morgan fingerprint density at radius 1 is 0.893 bits per heavy atom. The Balaban J connectivity index is 1.44. The molecule has 0 saturated carbocycles. The third kappa shape index (κ3) is 3.93. The molecule has 0 bridgehead atoms. The van der Waals surface area contributed by atoms with Crippen molar-refractivity contribution < 1.29 is 4.79 Å². The Morgan fingerprint density at radius 3 is 2.39 bits per heavy atom. The molecule has 1 saturated heterocycles. The molecule has 1 aromatic carbocycles. The van der Waals surface area contributed by atoms with Gasteiger partial charge in [-0.15, -0.1) is 0 Å². The largest absolute Gasteiger partial charge is 0.365 e. The van der Waals surface area contributed by atoms with Crippen molar-refractivity contribution in [1.29, 1.82) is 0 Å². The van der Waals surface area contributed by atoms with Gasteiger partial charge in [0.05, 0.1) is 5.56 Å². The molecule has 7 heteroatoms. The van der Waals surface area contributed by atoms with Gasteiger partial charge in [0.15, 0.2) is 0 Å². The highest BCUT2D eigenvalue weighted by Crippen LogP contribution is 2.21. The predicted molar refractivity (Wildman–Crippen MR) is 108 cm³/mol. The second-order valence-electron chi connectivity index (χ2n) is 6.71. The van der Waals surface area contributed by atoms with Gasteiger partial charge in [-0.1, -0.05) is 30.3 Å². The second-order valence-corrected chi connectivity index (χ2v) is 6.71. The van der Waals surface area contributed by atoms with Crippen LogP contribution < -0.4 is 15.5 Å². The molecule has 3 aromatic rings. The van der Waals surface area contributed by atoms with Crippen molar-refractivity contribution >= 4 is 17.5 Å². The van der Waals surface area contributed by atoms with Crippen molar-refractivity contribution in [3.8, 4) is 0 Å². The minimum atomic E-state index is -0.452. The monoisotopic (exact) mass is 374 g/mol. The van der Waals surface area contributed by atoms with Crippen LogP contribution in [0.5, 0.6) is 0 Å². The molecular weight excluding hydrogens is 352 g/mol. The van der Waals surface area contributed by atoms with Gasteiger partial charge in [-0.25, -0.2) is 15.0 Å². The number of nitrogens with zero attached hydrogens (tertiary/aromatic N) is 5. The molecule has 1 aliphatic heterocycles. The maximum Gasteiger partial charge on any atom is 0.252 e. The van der Waals surface area contributed by atoms with E-state index in [1.54, 1.807) is 18.3 Å². The molecule has 1 aliphatic rings. The van der Waals surface area contributed by atoms with Gasteiger partial charge in [0, 0.05) is 45.0 Å². The van der Waals surface area contributed by atoms with Crippen molar-refractivity contribution in [2.45, 2.75) is 6.42 Å². The van der Waals surface area contributed by atoms with Crippen LogP contribution >= 0.6 is 0 Å². The lowest BCUT2D eigenvalue weighted by Gasteiger charge is -2.36. The molecule has 1 amide bonds. The number of nitrogens with two attached hydrogens (primary N) is 1. The quantitative estimate of drug-likeness (QED) is 0.734. The van der Waals surface area contributed by atoms with Gasteiger partial charge in [0.2, 0.25) is 0 Å². The number of amides is 1. The molecule has 0 unspecified atom stereocenters. The molecule has 0 radical (unpaired) electrons. The Bertz CT molecular complexity index is 954. The first-order chi connectivity index (χ1) is 13.7. The molecule has 4 rings (SSSR count). The molecule has 3 heterocycles. The molecule has 28 heavy (non-hydrogen) atoms. The van der Waals surface area contributed by atoms with E-state index in [9.17, 15) is 4.79 Å². The van der Waals surface area contributed by atoms with Crippen molar-refractivity contribution in [1.82, 2.24) is 15.0 Å². The number of pyridine rings is 1. The van der Waals surface area contributed by atoms with Crippen LogP contribution in [0, 0.1) is 0 Å². The summed E-state index contributed by atoms with van der Waals surface area (Å²) in [7, 11) is 0. The topological polar surface area (TPSA) is 88.2 Å². The molecule has 2 N–H and O–H groups in total. The standard InChI is InChI=1S/C21H22N6O/c22-20(28)17-7-4-9-24-21(17)27-13-11-26(12-14-27)19-8-10-23-18(25-19)15-16-5-2-1-3-6-16/h1-10H,11-15H2,(H2,22,28). The molecule has 0 aliphatic carbocycles. The molecule has 1 fully saturated rings. The van der Waals surface area contributed by atoms with E-state index in [-0.39, 0.29) is 0 Å². The first-order valence-corrected chi connectivity index (χ1v) is 9.31. The predicted octanol–water partition coefficient (Wildman–Crippen LogP) is 1.89. The van der Waals surface area contributed by atoms with Gasteiger partial charge >= 0.3 is 0 Å². The van der Waals surface area contributed by atoms with E-state index in [1.165, 1.54) is 5.56 Å². The summed E-state index contributed by atoms with van der Waals surface area (Å²) in [6.45, 7) is 3.07. The summed E-state index contributed by atoms with van der Waals surface area (Å²) in [6.07, 6.45) is 4.22. The zero-order valence-corrected chi connectivity index (χ0v) is 15.5. The minimum absolute atomic E-state index is 0.452. The summed E-state index contributed by atoms with van der Waals surface area (Å²) < 4.78 is 0. The average molecular weight is 374 g/mol. The van der Waals surface area contributed by atoms with Gasteiger partial charge in [0.1, 0.15) is 17.5 Å². The zero-order valence-electron chi connectivity index (χ0n) is 15.5. The van der Waals surface area contributed by atoms with Crippen molar-refractivity contribution in [2.24, 2.45) is 5.73 Å². The van der Waals surface area contributed by atoms with Gasteiger partial charge in [0.25, 0.3) is 5.91 Å². The zero-order chi connectivity index (χ0) is 19.3. The number of primary amides is 1. The summed E-state index contributed by atoms with van der Waals surface area (Å²) in [5.74, 6) is 1.94. The first-order valence-electron chi connectivity index (χ1n) is 9.31. The normalized spacial score (nSPS) is 14.1. The summed E-state index contributed by atoms with van der Waals surface area (Å²) in [4.78, 5) is 29.5. The van der Waals surface area contributed by atoms with Crippen LogP contribution in [-0.4, -0.2) is 47.0 Å². The van der Waals surface area contributed by atoms with E-state index in [2.05, 4.69) is 31.9 Å². The molecular formula is C21H22N6O. The summed E-state index contributed by atoms with van der Waals surface area (Å²) >= 11 is 0. The van der Waals surface area contributed by atoms with Crippen molar-refractivity contribution in [2.75, 3.05) is 36.0 Å². The Morgan fingerprint density at radius 2 is 1.64 bits per heavy atom. The van der Waals surface area contributed by atoms with Crippen LogP contribution in [0.1, 0.15) is 21.7 Å². The number of aromatic nitrogens is 3. The fourth-order valence-corrected chi connectivity index (χ4v) is 3.42. The van der Waals surface area contributed by atoms with Crippen LogP contribution in [0.2, 0.25) is 0 Å². The second kappa shape index (κ2) is 8.04. The first kappa shape index (κ1) is 17.9. The minimum Gasteiger partial charge on any atom is -0.365 e. The number of piperazine rings is 1. The number of benzene rings is 1. The van der Waals surface area contributed by atoms with Crippen LogP contribution in [0.15, 0.2) is 60.9 Å². The van der Waals surface area contributed by atoms with Crippen LogP contribution in [0.4, 0.5) is 11.6 Å². The summed E-state index contributed by atoms with van der Waals surface area (Å²) in [5, 5.41) is 0. The third-order valence-electron chi connectivity index (χ3n) is 4.85. The Labute approximate surface area is 163 Å². The summed E-state index contributed by atoms with van der Waals surface area (Å²) in [6, 6.07) is 15.6. The van der Waals surface area contributed by atoms with E-state index in [4.69, 9.17) is 10.7 Å². The van der Waals surface area contributed by atoms with E-state index in [0.29, 0.717) is 17.8 Å². The highest BCUT2D eigenvalue weighted by molar-refractivity contribution is 5.97. The lowest BCUT2D eigenvalue weighted by Crippen LogP contribution is -2.47. The van der Waals surface area contributed by atoms with Crippen LogP contribution in [0.25, 0.3) is 0 Å². The number of rotatable bonds is 5. The van der Waals surface area contributed by atoms with Crippen molar-refractivity contribution in [3.05, 3.63) is 77.9 Å². The third-order valence-corrected chi connectivity index (χ3v) is 4.85. The highest BCUT2D eigenvalue weighted by atomic mass is 16.1. The molecule has 142 valence electrons. The number of hydrogen-bond donors (Lipinski definition) is 1.